The van der Waals surface area contributed by atoms with E-state index < -0.39 is 24.0 Å². The molecular weight excluding hydrogens is 324 g/mol. The maximum absolute atomic E-state index is 12.5. The molecule has 1 aliphatic rings. The van der Waals surface area contributed by atoms with E-state index in [1.165, 1.54) is 11.6 Å². The maximum Gasteiger partial charge on any atom is 0.357 e. The number of benzene rings is 1. The molecule has 0 saturated heterocycles. The van der Waals surface area contributed by atoms with Crippen LogP contribution in [0.3, 0.4) is 0 Å². The van der Waals surface area contributed by atoms with Crippen molar-refractivity contribution in [2.45, 2.75) is 31.8 Å². The molecule has 1 aromatic heterocycles. The summed E-state index contributed by atoms with van der Waals surface area (Å²) in [6.45, 7) is 1.36. The first-order chi connectivity index (χ1) is 12.0. The molecule has 0 bridgehead atoms. The van der Waals surface area contributed by atoms with Gasteiger partial charge in [-0.3, -0.25) is 10.1 Å². The van der Waals surface area contributed by atoms with Crippen molar-refractivity contribution >= 4 is 17.9 Å². The van der Waals surface area contributed by atoms with Crippen molar-refractivity contribution in [2.24, 2.45) is 5.73 Å². The standard InChI is InChI=1S/C17H18N4O4/c1-10(15(22)19-17(18)24)25-16(23)14-9-13(11-7-8-11)20-21(14)12-5-3-2-4-6-12/h2-6,9-11H,7-8H2,1H3,(H3,18,19,22,24)/t10-/m0/s1. The number of esters is 1. The quantitative estimate of drug-likeness (QED) is 0.799. The largest absolute Gasteiger partial charge is 0.448 e. The van der Waals surface area contributed by atoms with Gasteiger partial charge in [-0.05, 0) is 38.0 Å². The average Bonchev–Trinajstić information content (AvgIpc) is 3.33. The highest BCUT2D eigenvalue weighted by atomic mass is 16.5. The Morgan fingerprint density at radius 2 is 1.96 bits per heavy atom. The summed E-state index contributed by atoms with van der Waals surface area (Å²) >= 11 is 0. The van der Waals surface area contributed by atoms with Crippen LogP contribution in [0.25, 0.3) is 5.69 Å². The van der Waals surface area contributed by atoms with E-state index >= 15 is 0 Å². The van der Waals surface area contributed by atoms with Crippen LogP contribution in [0.1, 0.15) is 41.9 Å². The molecule has 1 aliphatic carbocycles. The summed E-state index contributed by atoms with van der Waals surface area (Å²) < 4.78 is 6.66. The van der Waals surface area contributed by atoms with E-state index in [4.69, 9.17) is 10.5 Å². The van der Waals surface area contributed by atoms with E-state index in [9.17, 15) is 14.4 Å². The van der Waals surface area contributed by atoms with Gasteiger partial charge >= 0.3 is 12.0 Å². The summed E-state index contributed by atoms with van der Waals surface area (Å²) in [6, 6.07) is 9.87. The summed E-state index contributed by atoms with van der Waals surface area (Å²) in [6.07, 6.45) is 0.915. The molecule has 0 spiro atoms. The number of ether oxygens (including phenoxy) is 1. The zero-order valence-corrected chi connectivity index (χ0v) is 13.6. The van der Waals surface area contributed by atoms with Gasteiger partial charge in [-0.2, -0.15) is 5.10 Å². The fraction of sp³-hybridized carbons (Fsp3) is 0.294. The monoisotopic (exact) mass is 342 g/mol. The molecule has 1 fully saturated rings. The number of urea groups is 1. The van der Waals surface area contributed by atoms with Crippen molar-refractivity contribution in [3.8, 4) is 5.69 Å². The molecule has 2 aromatic rings. The molecule has 0 aliphatic heterocycles. The number of nitrogens with one attached hydrogen (secondary N) is 1. The van der Waals surface area contributed by atoms with E-state index in [2.05, 4.69) is 5.10 Å². The molecule has 130 valence electrons. The van der Waals surface area contributed by atoms with Crippen molar-refractivity contribution in [3.05, 3.63) is 47.8 Å². The number of amides is 3. The molecule has 1 saturated carbocycles. The zero-order valence-electron chi connectivity index (χ0n) is 13.6. The van der Waals surface area contributed by atoms with Crippen LogP contribution >= 0.6 is 0 Å². The lowest BCUT2D eigenvalue weighted by atomic mass is 10.2. The number of imide groups is 1. The number of hydrogen-bond donors (Lipinski definition) is 2. The van der Waals surface area contributed by atoms with Crippen molar-refractivity contribution in [1.82, 2.24) is 15.1 Å². The summed E-state index contributed by atoms with van der Waals surface area (Å²) in [5, 5.41) is 6.38. The summed E-state index contributed by atoms with van der Waals surface area (Å²) in [4.78, 5) is 34.9. The van der Waals surface area contributed by atoms with Crippen LogP contribution < -0.4 is 11.1 Å². The van der Waals surface area contributed by atoms with Gasteiger partial charge in [0.05, 0.1) is 11.4 Å². The number of nitrogens with zero attached hydrogens (tertiary/aromatic N) is 2. The van der Waals surface area contributed by atoms with Crippen LogP contribution in [-0.2, 0) is 9.53 Å². The number of para-hydroxylation sites is 1. The first kappa shape index (κ1) is 16.7. The van der Waals surface area contributed by atoms with Gasteiger partial charge in [0, 0.05) is 5.92 Å². The lowest BCUT2D eigenvalue weighted by Crippen LogP contribution is -2.42. The van der Waals surface area contributed by atoms with Gasteiger partial charge < -0.3 is 10.5 Å². The molecule has 25 heavy (non-hydrogen) atoms. The predicted octanol–water partition coefficient (Wildman–Crippen LogP) is 1.49. The Balaban J connectivity index is 1.84. The predicted molar refractivity (Wildman–Crippen MR) is 88.1 cm³/mol. The molecule has 0 radical (unpaired) electrons. The molecular formula is C17H18N4O4. The minimum absolute atomic E-state index is 0.229. The number of nitrogens with two attached hydrogens (primary N) is 1. The van der Waals surface area contributed by atoms with E-state index in [-0.39, 0.29) is 5.69 Å². The van der Waals surface area contributed by atoms with Crippen LogP contribution in [0.5, 0.6) is 0 Å². The molecule has 8 nitrogen and oxygen atoms in total. The van der Waals surface area contributed by atoms with Gasteiger partial charge in [0.2, 0.25) is 0 Å². The fourth-order valence-electron chi connectivity index (χ4n) is 2.39. The molecule has 1 aromatic carbocycles. The van der Waals surface area contributed by atoms with E-state index in [1.54, 1.807) is 6.07 Å². The smallest absolute Gasteiger partial charge is 0.357 e. The van der Waals surface area contributed by atoms with Crippen molar-refractivity contribution in [2.75, 3.05) is 0 Å². The van der Waals surface area contributed by atoms with Gasteiger partial charge in [-0.25, -0.2) is 14.3 Å². The molecule has 3 rings (SSSR count). The zero-order chi connectivity index (χ0) is 18.0. The molecule has 0 unspecified atom stereocenters. The Hall–Kier alpha value is -3.16. The van der Waals surface area contributed by atoms with E-state index in [1.807, 2.05) is 35.6 Å². The lowest BCUT2D eigenvalue weighted by Gasteiger charge is -2.12. The molecule has 3 N–H and O–H groups in total. The van der Waals surface area contributed by atoms with Gasteiger partial charge in [0.1, 0.15) is 0 Å². The van der Waals surface area contributed by atoms with Crippen molar-refractivity contribution < 1.29 is 19.1 Å². The molecule has 1 heterocycles. The normalized spacial score (nSPS) is 14.6. The minimum atomic E-state index is -1.16. The van der Waals surface area contributed by atoms with Crippen LogP contribution in [0.15, 0.2) is 36.4 Å². The number of rotatable bonds is 5. The van der Waals surface area contributed by atoms with E-state index in [0.717, 1.165) is 24.2 Å². The average molecular weight is 342 g/mol. The first-order valence-corrected chi connectivity index (χ1v) is 7.92. The molecule has 8 heteroatoms. The Kier molecular flexibility index (Phi) is 4.51. The topological polar surface area (TPSA) is 116 Å². The highest BCUT2D eigenvalue weighted by molar-refractivity contribution is 5.97. The Labute approximate surface area is 143 Å². The second-order valence-corrected chi connectivity index (χ2v) is 5.88. The lowest BCUT2D eigenvalue weighted by molar-refractivity contribution is -0.127. The van der Waals surface area contributed by atoms with E-state index in [0.29, 0.717) is 5.92 Å². The minimum Gasteiger partial charge on any atom is -0.448 e. The Morgan fingerprint density at radius 1 is 1.28 bits per heavy atom. The van der Waals surface area contributed by atoms with Crippen LogP contribution in [0.4, 0.5) is 4.79 Å². The van der Waals surface area contributed by atoms with Gasteiger partial charge in [-0.15, -0.1) is 0 Å². The third-order valence-corrected chi connectivity index (χ3v) is 3.83. The number of hydrogen-bond acceptors (Lipinski definition) is 5. The number of aromatic nitrogens is 2. The summed E-state index contributed by atoms with van der Waals surface area (Å²) in [5.41, 5.74) is 6.66. The summed E-state index contributed by atoms with van der Waals surface area (Å²) in [7, 11) is 0. The first-order valence-electron chi connectivity index (χ1n) is 7.92. The van der Waals surface area contributed by atoms with Crippen LogP contribution in [-0.4, -0.2) is 33.8 Å². The van der Waals surface area contributed by atoms with Crippen molar-refractivity contribution in [1.29, 1.82) is 0 Å². The van der Waals surface area contributed by atoms with Crippen LogP contribution in [0, 0.1) is 0 Å². The second kappa shape index (κ2) is 6.76. The number of carbonyl (C=O) groups excluding carboxylic acids is 3. The number of carbonyl (C=O) groups is 3. The fourth-order valence-corrected chi connectivity index (χ4v) is 2.39. The third kappa shape index (κ3) is 3.85. The SMILES string of the molecule is C[C@H](OC(=O)c1cc(C2CC2)nn1-c1ccccc1)C(=O)NC(N)=O. The maximum atomic E-state index is 12.5. The Bertz CT molecular complexity index is 811. The Morgan fingerprint density at radius 3 is 2.56 bits per heavy atom. The van der Waals surface area contributed by atoms with Crippen LogP contribution in [0.2, 0.25) is 0 Å². The highest BCUT2D eigenvalue weighted by Crippen LogP contribution is 2.39. The number of primary amides is 1. The van der Waals surface area contributed by atoms with Crippen molar-refractivity contribution in [3.63, 3.8) is 0 Å². The highest BCUT2D eigenvalue weighted by Gasteiger charge is 2.30. The second-order valence-electron chi connectivity index (χ2n) is 5.88. The summed E-state index contributed by atoms with van der Waals surface area (Å²) in [5.74, 6) is -1.13. The molecule has 1 atom stereocenters. The van der Waals surface area contributed by atoms with Gasteiger partial charge in [0.25, 0.3) is 5.91 Å². The van der Waals surface area contributed by atoms with Gasteiger partial charge in [0.15, 0.2) is 11.8 Å². The molecule has 3 amide bonds. The van der Waals surface area contributed by atoms with Gasteiger partial charge in [-0.1, -0.05) is 18.2 Å². The third-order valence-electron chi connectivity index (χ3n) is 3.83.